The average Bonchev–Trinajstić information content (AvgIpc) is 2.81. The quantitative estimate of drug-likeness (QED) is 0.921. The van der Waals surface area contributed by atoms with Crippen LogP contribution in [0, 0.1) is 0 Å². The van der Waals surface area contributed by atoms with Crippen molar-refractivity contribution in [3.8, 4) is 0 Å². The zero-order valence-electron chi connectivity index (χ0n) is 9.62. The van der Waals surface area contributed by atoms with Gasteiger partial charge in [-0.25, -0.2) is 4.98 Å². The third-order valence-electron chi connectivity index (χ3n) is 3.07. The van der Waals surface area contributed by atoms with Gasteiger partial charge in [0.25, 0.3) is 0 Å². The van der Waals surface area contributed by atoms with Crippen molar-refractivity contribution >= 4 is 21.7 Å². The van der Waals surface area contributed by atoms with E-state index in [2.05, 4.69) is 38.1 Å². The van der Waals surface area contributed by atoms with Gasteiger partial charge in [-0.3, -0.25) is 4.90 Å². The van der Waals surface area contributed by atoms with Gasteiger partial charge in [0.2, 0.25) is 0 Å². The molecule has 88 valence electrons. The van der Waals surface area contributed by atoms with Crippen molar-refractivity contribution in [3.63, 3.8) is 0 Å². The Morgan fingerprint density at radius 3 is 2.81 bits per heavy atom. The molecular formula is C12H18BrN3. The highest BCUT2D eigenvalue weighted by molar-refractivity contribution is 9.10. The number of hydrogen-bond acceptors (Lipinski definition) is 3. The van der Waals surface area contributed by atoms with Gasteiger partial charge in [-0.2, -0.15) is 0 Å². The highest BCUT2D eigenvalue weighted by Gasteiger charge is 2.17. The van der Waals surface area contributed by atoms with Gasteiger partial charge in [0.05, 0.1) is 0 Å². The van der Waals surface area contributed by atoms with E-state index in [0.717, 1.165) is 16.8 Å². The largest absolute Gasteiger partial charge is 0.369 e. The van der Waals surface area contributed by atoms with Crippen LogP contribution in [0.1, 0.15) is 19.8 Å². The van der Waals surface area contributed by atoms with Crippen molar-refractivity contribution in [2.24, 2.45) is 0 Å². The van der Waals surface area contributed by atoms with E-state index in [1.54, 1.807) is 0 Å². The fourth-order valence-electron chi connectivity index (χ4n) is 2.04. The van der Waals surface area contributed by atoms with E-state index in [1.165, 1.54) is 25.9 Å². The maximum absolute atomic E-state index is 4.30. The predicted octanol–water partition coefficient (Wildman–Crippen LogP) is 2.74. The summed E-state index contributed by atoms with van der Waals surface area (Å²) in [5.74, 6) is 0.953. The van der Waals surface area contributed by atoms with Gasteiger partial charge in [0, 0.05) is 23.3 Å². The Balaban J connectivity index is 1.80. The van der Waals surface area contributed by atoms with Crippen molar-refractivity contribution < 1.29 is 0 Å². The number of pyridine rings is 1. The van der Waals surface area contributed by atoms with Crippen LogP contribution in [0.25, 0.3) is 0 Å². The second-order valence-electron chi connectivity index (χ2n) is 4.33. The van der Waals surface area contributed by atoms with Crippen molar-refractivity contribution in [2.75, 3.05) is 25.0 Å². The molecule has 1 aromatic rings. The Morgan fingerprint density at radius 2 is 2.19 bits per heavy atom. The molecule has 0 aliphatic carbocycles. The SMILES string of the molecule is CC(CNc1ccc(Br)cn1)N1CCCC1. The minimum Gasteiger partial charge on any atom is -0.369 e. The van der Waals surface area contributed by atoms with Crippen LogP contribution in [0.5, 0.6) is 0 Å². The summed E-state index contributed by atoms with van der Waals surface area (Å²) < 4.78 is 1.02. The van der Waals surface area contributed by atoms with Gasteiger partial charge in [-0.15, -0.1) is 0 Å². The fourth-order valence-corrected chi connectivity index (χ4v) is 2.28. The number of hydrogen-bond donors (Lipinski definition) is 1. The standard InChI is InChI=1S/C12H18BrN3/c1-10(16-6-2-3-7-16)8-14-12-5-4-11(13)9-15-12/h4-5,9-10H,2-3,6-8H2,1H3,(H,14,15). The van der Waals surface area contributed by atoms with Crippen LogP contribution in [0.4, 0.5) is 5.82 Å². The zero-order valence-corrected chi connectivity index (χ0v) is 11.2. The van der Waals surface area contributed by atoms with E-state index in [9.17, 15) is 0 Å². The van der Waals surface area contributed by atoms with Crippen molar-refractivity contribution in [2.45, 2.75) is 25.8 Å². The third kappa shape index (κ3) is 3.19. The number of nitrogens with one attached hydrogen (secondary N) is 1. The number of rotatable bonds is 4. The highest BCUT2D eigenvalue weighted by Crippen LogP contribution is 2.13. The van der Waals surface area contributed by atoms with Crippen LogP contribution >= 0.6 is 15.9 Å². The van der Waals surface area contributed by atoms with Gasteiger partial charge in [0.1, 0.15) is 5.82 Å². The number of halogens is 1. The maximum Gasteiger partial charge on any atom is 0.126 e. The molecule has 0 aromatic carbocycles. The first-order valence-corrected chi connectivity index (χ1v) is 6.64. The van der Waals surface area contributed by atoms with E-state index < -0.39 is 0 Å². The minimum atomic E-state index is 0.591. The normalized spacial score (nSPS) is 18.6. The smallest absolute Gasteiger partial charge is 0.126 e. The molecule has 0 amide bonds. The van der Waals surface area contributed by atoms with Gasteiger partial charge >= 0.3 is 0 Å². The number of likely N-dealkylation sites (tertiary alicyclic amines) is 1. The lowest BCUT2D eigenvalue weighted by Crippen LogP contribution is -2.35. The minimum absolute atomic E-state index is 0.591. The molecule has 0 saturated carbocycles. The Labute approximate surface area is 105 Å². The topological polar surface area (TPSA) is 28.2 Å². The molecule has 1 aliphatic rings. The van der Waals surface area contributed by atoms with Crippen LogP contribution in [-0.4, -0.2) is 35.6 Å². The first kappa shape index (κ1) is 11.9. The van der Waals surface area contributed by atoms with Crippen molar-refractivity contribution in [3.05, 3.63) is 22.8 Å². The monoisotopic (exact) mass is 283 g/mol. The lowest BCUT2D eigenvalue weighted by molar-refractivity contribution is 0.269. The van der Waals surface area contributed by atoms with Crippen LogP contribution in [0.3, 0.4) is 0 Å². The molecule has 1 fully saturated rings. The molecular weight excluding hydrogens is 266 g/mol. The Morgan fingerprint density at radius 1 is 1.44 bits per heavy atom. The molecule has 0 spiro atoms. The molecule has 1 N–H and O–H groups in total. The summed E-state index contributed by atoms with van der Waals surface area (Å²) in [4.78, 5) is 6.83. The molecule has 2 heterocycles. The lowest BCUT2D eigenvalue weighted by Gasteiger charge is -2.24. The van der Waals surface area contributed by atoms with Crippen molar-refractivity contribution in [1.82, 2.24) is 9.88 Å². The average molecular weight is 284 g/mol. The number of aromatic nitrogens is 1. The summed E-state index contributed by atoms with van der Waals surface area (Å²) in [5, 5.41) is 3.37. The van der Waals surface area contributed by atoms with E-state index in [0.29, 0.717) is 6.04 Å². The first-order valence-electron chi connectivity index (χ1n) is 5.85. The van der Waals surface area contributed by atoms with E-state index in [4.69, 9.17) is 0 Å². The van der Waals surface area contributed by atoms with Gasteiger partial charge in [0.15, 0.2) is 0 Å². The van der Waals surface area contributed by atoms with Crippen LogP contribution < -0.4 is 5.32 Å². The van der Waals surface area contributed by atoms with Gasteiger partial charge in [-0.1, -0.05) is 0 Å². The van der Waals surface area contributed by atoms with E-state index in [1.807, 2.05) is 18.3 Å². The number of nitrogens with zero attached hydrogens (tertiary/aromatic N) is 2. The summed E-state index contributed by atoms with van der Waals surface area (Å²) in [7, 11) is 0. The molecule has 3 nitrogen and oxygen atoms in total. The molecule has 1 atom stereocenters. The Hall–Kier alpha value is -0.610. The van der Waals surface area contributed by atoms with E-state index >= 15 is 0 Å². The molecule has 1 saturated heterocycles. The molecule has 0 radical (unpaired) electrons. The molecule has 4 heteroatoms. The molecule has 2 rings (SSSR count). The van der Waals surface area contributed by atoms with Gasteiger partial charge < -0.3 is 5.32 Å². The summed E-state index contributed by atoms with van der Waals surface area (Å²) in [6.45, 7) is 5.74. The lowest BCUT2D eigenvalue weighted by atomic mass is 10.3. The summed E-state index contributed by atoms with van der Waals surface area (Å²) in [6, 6.07) is 4.60. The summed E-state index contributed by atoms with van der Waals surface area (Å²) in [5.41, 5.74) is 0. The maximum atomic E-state index is 4.30. The third-order valence-corrected chi connectivity index (χ3v) is 3.54. The van der Waals surface area contributed by atoms with Gasteiger partial charge in [-0.05, 0) is 60.9 Å². The molecule has 16 heavy (non-hydrogen) atoms. The highest BCUT2D eigenvalue weighted by atomic mass is 79.9. The predicted molar refractivity (Wildman–Crippen MR) is 70.7 cm³/mol. The number of anilines is 1. The van der Waals surface area contributed by atoms with Crippen LogP contribution in [0.15, 0.2) is 22.8 Å². The molecule has 1 aromatic heterocycles. The first-order chi connectivity index (χ1) is 7.75. The van der Waals surface area contributed by atoms with E-state index in [-0.39, 0.29) is 0 Å². The molecule has 1 unspecified atom stereocenters. The van der Waals surface area contributed by atoms with Crippen LogP contribution in [-0.2, 0) is 0 Å². The second kappa shape index (κ2) is 5.64. The Bertz CT molecular complexity index is 320. The summed E-state index contributed by atoms with van der Waals surface area (Å²) >= 11 is 3.38. The molecule has 0 bridgehead atoms. The summed E-state index contributed by atoms with van der Waals surface area (Å²) in [6.07, 6.45) is 4.52. The Kier molecular flexibility index (Phi) is 4.18. The molecule has 1 aliphatic heterocycles. The zero-order chi connectivity index (χ0) is 11.4. The van der Waals surface area contributed by atoms with Crippen LogP contribution in [0.2, 0.25) is 0 Å². The van der Waals surface area contributed by atoms with Crippen molar-refractivity contribution in [1.29, 1.82) is 0 Å². The fraction of sp³-hybridized carbons (Fsp3) is 0.583. The second-order valence-corrected chi connectivity index (χ2v) is 5.25.